The second kappa shape index (κ2) is 8.53. The third-order valence-corrected chi connectivity index (χ3v) is 5.74. The van der Waals surface area contributed by atoms with Crippen molar-refractivity contribution >= 4 is 37.5 Å². The van der Waals surface area contributed by atoms with Gasteiger partial charge in [-0.15, -0.1) is 0 Å². The molecular formula is C30H17Br. The molecule has 5 rings (SSSR count). The molecule has 0 saturated carbocycles. The van der Waals surface area contributed by atoms with Gasteiger partial charge in [-0.3, -0.25) is 0 Å². The van der Waals surface area contributed by atoms with E-state index in [9.17, 15) is 0 Å². The first kappa shape index (κ1) is 19.2. The van der Waals surface area contributed by atoms with E-state index in [4.69, 9.17) is 0 Å². The highest BCUT2D eigenvalue weighted by Gasteiger charge is 2.11. The van der Waals surface area contributed by atoms with Crippen molar-refractivity contribution in [2.75, 3.05) is 0 Å². The molecule has 0 bridgehead atoms. The van der Waals surface area contributed by atoms with E-state index in [0.717, 1.165) is 48.3 Å². The van der Waals surface area contributed by atoms with E-state index < -0.39 is 0 Å². The molecule has 0 heterocycles. The third kappa shape index (κ3) is 3.97. The zero-order valence-electron chi connectivity index (χ0n) is 16.7. The Balaban J connectivity index is 1.77. The first-order chi connectivity index (χ1) is 15.3. The molecule has 0 radical (unpaired) electrons. The van der Waals surface area contributed by atoms with E-state index in [1.54, 1.807) is 0 Å². The van der Waals surface area contributed by atoms with Crippen LogP contribution in [0.25, 0.3) is 21.5 Å². The highest BCUT2D eigenvalue weighted by Crippen LogP contribution is 2.32. The molecule has 0 aliphatic rings. The van der Waals surface area contributed by atoms with E-state index in [1.807, 2.05) is 54.6 Å². The van der Waals surface area contributed by atoms with Gasteiger partial charge < -0.3 is 0 Å². The zero-order chi connectivity index (χ0) is 21.0. The molecule has 0 N–H and O–H groups in total. The molecule has 5 aromatic carbocycles. The Morgan fingerprint density at radius 1 is 0.387 bits per heavy atom. The van der Waals surface area contributed by atoms with Crippen LogP contribution in [0.4, 0.5) is 0 Å². The van der Waals surface area contributed by atoms with Crippen LogP contribution >= 0.6 is 15.9 Å². The fraction of sp³-hybridized carbons (Fsp3) is 0. The lowest BCUT2D eigenvalue weighted by Crippen LogP contribution is -1.90. The van der Waals surface area contributed by atoms with Crippen molar-refractivity contribution in [3.8, 4) is 23.7 Å². The van der Waals surface area contributed by atoms with Crippen LogP contribution < -0.4 is 0 Å². The second-order valence-electron chi connectivity index (χ2n) is 7.21. The lowest BCUT2D eigenvalue weighted by atomic mass is 9.92. The van der Waals surface area contributed by atoms with Crippen LogP contribution in [0.5, 0.6) is 0 Å². The van der Waals surface area contributed by atoms with E-state index in [1.165, 1.54) is 0 Å². The van der Waals surface area contributed by atoms with Gasteiger partial charge >= 0.3 is 0 Å². The summed E-state index contributed by atoms with van der Waals surface area (Å²) in [5, 5.41) is 4.51. The molecule has 0 aliphatic heterocycles. The van der Waals surface area contributed by atoms with Crippen molar-refractivity contribution in [1.82, 2.24) is 0 Å². The number of fused-ring (bicyclic) bond motifs is 2. The van der Waals surface area contributed by atoms with Gasteiger partial charge in [0, 0.05) is 26.7 Å². The fourth-order valence-corrected chi connectivity index (χ4v) is 3.99. The number of benzene rings is 5. The summed E-state index contributed by atoms with van der Waals surface area (Å²) in [5.41, 5.74) is 4.09. The van der Waals surface area contributed by atoms with Crippen LogP contribution in [0.1, 0.15) is 22.3 Å². The molecule has 0 atom stereocenters. The molecule has 0 saturated heterocycles. The predicted octanol–water partition coefficient (Wildman–Crippen LogP) is 7.56. The van der Waals surface area contributed by atoms with Crippen LogP contribution in [0, 0.1) is 23.7 Å². The summed E-state index contributed by atoms with van der Waals surface area (Å²) in [4.78, 5) is 0. The minimum atomic E-state index is 0.990. The van der Waals surface area contributed by atoms with Crippen molar-refractivity contribution in [1.29, 1.82) is 0 Å². The summed E-state index contributed by atoms with van der Waals surface area (Å²) < 4.78 is 1.05. The Morgan fingerprint density at radius 2 is 0.774 bits per heavy atom. The third-order valence-electron chi connectivity index (χ3n) is 5.21. The Hall–Kier alpha value is -3.78. The highest BCUT2D eigenvalue weighted by molar-refractivity contribution is 9.10. The van der Waals surface area contributed by atoms with Gasteiger partial charge in [0.1, 0.15) is 0 Å². The van der Waals surface area contributed by atoms with Crippen molar-refractivity contribution in [3.63, 3.8) is 0 Å². The summed E-state index contributed by atoms with van der Waals surface area (Å²) >= 11 is 3.48. The van der Waals surface area contributed by atoms with E-state index in [2.05, 4.69) is 88.1 Å². The average Bonchev–Trinajstić information content (AvgIpc) is 2.83. The fourth-order valence-electron chi connectivity index (χ4n) is 3.72. The van der Waals surface area contributed by atoms with Crippen molar-refractivity contribution in [2.24, 2.45) is 0 Å². The Kier molecular flexibility index (Phi) is 5.28. The lowest BCUT2D eigenvalue weighted by molar-refractivity contribution is 1.60. The second-order valence-corrected chi connectivity index (χ2v) is 8.13. The molecule has 1 heteroatoms. The number of hydrogen-bond acceptors (Lipinski definition) is 0. The quantitative estimate of drug-likeness (QED) is 0.166. The summed E-state index contributed by atoms with van der Waals surface area (Å²) in [6, 6.07) is 35.0. The Labute approximate surface area is 190 Å². The van der Waals surface area contributed by atoms with Crippen molar-refractivity contribution in [3.05, 3.63) is 130 Å². The summed E-state index contributed by atoms with van der Waals surface area (Å²) in [6.07, 6.45) is 0. The summed E-state index contributed by atoms with van der Waals surface area (Å²) in [6.45, 7) is 0. The zero-order valence-corrected chi connectivity index (χ0v) is 18.3. The smallest absolute Gasteiger partial charge is 0.0406 e. The van der Waals surface area contributed by atoms with Gasteiger partial charge in [-0.1, -0.05) is 106 Å². The van der Waals surface area contributed by atoms with Gasteiger partial charge in [-0.25, -0.2) is 0 Å². The van der Waals surface area contributed by atoms with Crippen LogP contribution in [0.15, 0.2) is 108 Å². The molecule has 144 valence electrons. The van der Waals surface area contributed by atoms with E-state index in [0.29, 0.717) is 0 Å². The number of hydrogen-bond donors (Lipinski definition) is 0. The van der Waals surface area contributed by atoms with Crippen LogP contribution in [-0.4, -0.2) is 0 Å². The highest BCUT2D eigenvalue weighted by atomic mass is 79.9. The normalized spacial score (nSPS) is 10.2. The first-order valence-electron chi connectivity index (χ1n) is 10.1. The van der Waals surface area contributed by atoms with Gasteiger partial charge in [0.25, 0.3) is 0 Å². The van der Waals surface area contributed by atoms with Crippen LogP contribution in [0.3, 0.4) is 0 Å². The molecule has 0 aromatic heterocycles. The maximum atomic E-state index is 3.48. The molecule has 0 fully saturated rings. The monoisotopic (exact) mass is 456 g/mol. The van der Waals surface area contributed by atoms with Crippen LogP contribution in [-0.2, 0) is 0 Å². The van der Waals surface area contributed by atoms with Gasteiger partial charge in [-0.2, -0.15) is 0 Å². The molecular weight excluding hydrogens is 440 g/mol. The summed E-state index contributed by atoms with van der Waals surface area (Å²) in [7, 11) is 0. The minimum absolute atomic E-state index is 0.990. The number of halogens is 1. The van der Waals surface area contributed by atoms with Gasteiger partial charge in [0.15, 0.2) is 0 Å². The molecule has 0 nitrogen and oxygen atoms in total. The average molecular weight is 457 g/mol. The first-order valence-corrected chi connectivity index (χ1v) is 10.9. The topological polar surface area (TPSA) is 0 Å². The van der Waals surface area contributed by atoms with E-state index >= 15 is 0 Å². The summed E-state index contributed by atoms with van der Waals surface area (Å²) in [5.74, 6) is 13.6. The van der Waals surface area contributed by atoms with Crippen LogP contribution in [0.2, 0.25) is 0 Å². The van der Waals surface area contributed by atoms with Gasteiger partial charge in [0.05, 0.1) is 0 Å². The maximum Gasteiger partial charge on any atom is 0.0406 e. The maximum absolute atomic E-state index is 3.48. The Morgan fingerprint density at radius 3 is 1.23 bits per heavy atom. The largest absolute Gasteiger partial charge is 0.0622 e. The van der Waals surface area contributed by atoms with Gasteiger partial charge in [0.2, 0.25) is 0 Å². The van der Waals surface area contributed by atoms with E-state index in [-0.39, 0.29) is 0 Å². The predicted molar refractivity (Wildman–Crippen MR) is 134 cm³/mol. The molecule has 0 aliphatic carbocycles. The molecule has 0 unspecified atom stereocenters. The van der Waals surface area contributed by atoms with Gasteiger partial charge in [-0.05, 0) is 57.9 Å². The molecule has 0 amide bonds. The Bertz CT molecular complexity index is 1460. The SMILES string of the molecule is Brc1ccc(C#Cc2c3ccccc3c(C#Cc3ccccc3)c3ccccc23)cc1. The minimum Gasteiger partial charge on any atom is -0.0622 e. The van der Waals surface area contributed by atoms with Crippen molar-refractivity contribution < 1.29 is 0 Å². The molecule has 5 aromatic rings. The number of rotatable bonds is 0. The van der Waals surface area contributed by atoms with Crippen molar-refractivity contribution in [2.45, 2.75) is 0 Å². The molecule has 31 heavy (non-hydrogen) atoms. The lowest BCUT2D eigenvalue weighted by Gasteiger charge is -2.10. The standard InChI is InChI=1S/C30H17Br/c31-24-18-14-23(15-19-24)17-21-30-27-12-6-4-10-25(27)29(26-11-5-7-13-28(26)30)20-16-22-8-2-1-3-9-22/h1-15,18-19H. The molecule has 0 spiro atoms.